The van der Waals surface area contributed by atoms with E-state index in [-0.39, 0.29) is 30.0 Å². The fraction of sp³-hybridized carbons (Fsp3) is 0.409. The summed E-state index contributed by atoms with van der Waals surface area (Å²) in [5.41, 5.74) is -1.50. The number of hydrogen-bond donors (Lipinski definition) is 2. The van der Waals surface area contributed by atoms with E-state index in [9.17, 15) is 28.3 Å². The molecule has 170 valence electrons. The number of rotatable bonds is 6. The molecule has 2 heterocycles. The van der Waals surface area contributed by atoms with Gasteiger partial charge < -0.3 is 15.3 Å². The van der Waals surface area contributed by atoms with Crippen LogP contribution in [0, 0.1) is 23.5 Å². The Labute approximate surface area is 183 Å². The largest absolute Gasteiger partial charge is 0.502 e. The highest BCUT2D eigenvalue weighted by Crippen LogP contribution is 2.38. The number of hydrogen-bond acceptors (Lipinski definition) is 5. The van der Waals surface area contributed by atoms with E-state index in [1.165, 1.54) is 21.8 Å². The van der Waals surface area contributed by atoms with Crippen molar-refractivity contribution in [3.8, 4) is 5.75 Å². The van der Waals surface area contributed by atoms with Gasteiger partial charge in [0.15, 0.2) is 11.4 Å². The van der Waals surface area contributed by atoms with Crippen molar-refractivity contribution in [2.75, 3.05) is 24.8 Å². The summed E-state index contributed by atoms with van der Waals surface area (Å²) in [6.45, 7) is 4.90. The smallest absolute Gasteiger partial charge is 0.277 e. The molecular formula is C22H24F2N4O4. The molecule has 4 rings (SSSR count). The molecule has 0 saturated heterocycles. The molecule has 2 aromatic rings. The van der Waals surface area contributed by atoms with Gasteiger partial charge in [0.25, 0.3) is 11.8 Å². The Kier molecular flexibility index (Phi) is 5.62. The first-order valence-corrected chi connectivity index (χ1v) is 10.5. The molecule has 1 saturated carbocycles. The Morgan fingerprint density at radius 2 is 2.00 bits per heavy atom. The van der Waals surface area contributed by atoms with E-state index >= 15 is 0 Å². The van der Waals surface area contributed by atoms with Crippen molar-refractivity contribution >= 4 is 11.8 Å². The lowest BCUT2D eigenvalue weighted by molar-refractivity contribution is 0.0694. The minimum Gasteiger partial charge on any atom is -0.502 e. The van der Waals surface area contributed by atoms with Gasteiger partial charge >= 0.3 is 0 Å². The van der Waals surface area contributed by atoms with Crippen LogP contribution >= 0.6 is 0 Å². The number of aromatic hydroxyl groups is 1. The molecule has 0 unspecified atom stereocenters. The third-order valence-corrected chi connectivity index (χ3v) is 6.10. The Morgan fingerprint density at radius 3 is 2.62 bits per heavy atom. The van der Waals surface area contributed by atoms with Crippen LogP contribution in [0.15, 0.2) is 29.2 Å². The topological polar surface area (TPSA) is 94.9 Å². The van der Waals surface area contributed by atoms with Gasteiger partial charge in [-0.3, -0.25) is 24.1 Å². The summed E-state index contributed by atoms with van der Waals surface area (Å²) in [6, 6.07) is 2.95. The maximum absolute atomic E-state index is 13.8. The molecule has 2 atom stereocenters. The SMILES string of the molecule is CCN1CN(C[C@H]2C[C@H]2C)n2cc(C(=O)NCc3ccc(F)cc3F)c(=O)c(O)c2C1=O. The van der Waals surface area contributed by atoms with Crippen LogP contribution in [0.1, 0.15) is 46.7 Å². The number of nitrogens with one attached hydrogen (secondary N) is 1. The van der Waals surface area contributed by atoms with E-state index in [4.69, 9.17) is 0 Å². The Hall–Kier alpha value is -3.43. The maximum atomic E-state index is 13.8. The third-order valence-electron chi connectivity index (χ3n) is 6.10. The first-order valence-electron chi connectivity index (χ1n) is 10.5. The molecule has 0 radical (unpaired) electrons. The van der Waals surface area contributed by atoms with Gasteiger partial charge in [0.05, 0.1) is 0 Å². The highest BCUT2D eigenvalue weighted by Gasteiger charge is 2.39. The van der Waals surface area contributed by atoms with Crippen molar-refractivity contribution in [2.45, 2.75) is 26.8 Å². The second-order valence-corrected chi connectivity index (χ2v) is 8.30. The van der Waals surface area contributed by atoms with Crippen molar-refractivity contribution < 1.29 is 23.5 Å². The van der Waals surface area contributed by atoms with Crippen LogP contribution in [0.3, 0.4) is 0 Å². The summed E-state index contributed by atoms with van der Waals surface area (Å²) in [7, 11) is 0. The average molecular weight is 446 g/mol. The lowest BCUT2D eigenvalue weighted by Gasteiger charge is -2.39. The lowest BCUT2D eigenvalue weighted by Crippen LogP contribution is -2.55. The van der Waals surface area contributed by atoms with Crippen LogP contribution in [0.2, 0.25) is 0 Å². The van der Waals surface area contributed by atoms with Crippen LogP contribution in [-0.4, -0.2) is 46.3 Å². The summed E-state index contributed by atoms with van der Waals surface area (Å²) in [5.74, 6) is -2.77. The molecular weight excluding hydrogens is 422 g/mol. The normalized spacial score (nSPS) is 19.7. The zero-order valence-electron chi connectivity index (χ0n) is 17.8. The molecule has 8 nitrogen and oxygen atoms in total. The summed E-state index contributed by atoms with van der Waals surface area (Å²) in [6.07, 6.45) is 2.28. The molecule has 1 aliphatic carbocycles. The Morgan fingerprint density at radius 1 is 1.28 bits per heavy atom. The molecule has 0 spiro atoms. The molecule has 1 fully saturated rings. The number of nitrogens with zero attached hydrogens (tertiary/aromatic N) is 3. The molecule has 2 aliphatic rings. The van der Waals surface area contributed by atoms with E-state index in [1.54, 1.807) is 6.92 Å². The number of aromatic nitrogens is 1. The monoisotopic (exact) mass is 446 g/mol. The van der Waals surface area contributed by atoms with Gasteiger partial charge in [-0.05, 0) is 31.2 Å². The summed E-state index contributed by atoms with van der Waals surface area (Å²) < 4.78 is 28.3. The summed E-state index contributed by atoms with van der Waals surface area (Å²) in [4.78, 5) is 39.7. The first kappa shape index (κ1) is 21.8. The van der Waals surface area contributed by atoms with Gasteiger partial charge in [-0.25, -0.2) is 8.78 Å². The van der Waals surface area contributed by atoms with Crippen LogP contribution in [0.25, 0.3) is 0 Å². The first-order chi connectivity index (χ1) is 15.2. The van der Waals surface area contributed by atoms with Gasteiger partial charge in [-0.2, -0.15) is 0 Å². The number of pyridine rings is 1. The minimum atomic E-state index is -0.987. The lowest BCUT2D eigenvalue weighted by atomic mass is 10.1. The van der Waals surface area contributed by atoms with Crippen LogP contribution in [-0.2, 0) is 6.54 Å². The van der Waals surface area contributed by atoms with E-state index in [0.717, 1.165) is 12.5 Å². The molecule has 1 aliphatic heterocycles. The Bertz CT molecular complexity index is 1150. The van der Waals surface area contributed by atoms with Crippen LogP contribution < -0.4 is 15.8 Å². The molecule has 2 N–H and O–H groups in total. The molecule has 10 heteroatoms. The predicted octanol–water partition coefficient (Wildman–Crippen LogP) is 1.79. The van der Waals surface area contributed by atoms with Crippen molar-refractivity contribution in [3.05, 3.63) is 63.1 Å². The van der Waals surface area contributed by atoms with Gasteiger partial charge in [-0.1, -0.05) is 13.0 Å². The number of fused-ring (bicyclic) bond motifs is 1. The minimum absolute atomic E-state index is 0.0418. The highest BCUT2D eigenvalue weighted by atomic mass is 19.1. The number of halogens is 2. The van der Waals surface area contributed by atoms with Crippen molar-refractivity contribution in [1.82, 2.24) is 14.9 Å². The predicted molar refractivity (Wildman–Crippen MR) is 112 cm³/mol. The fourth-order valence-corrected chi connectivity index (χ4v) is 3.90. The Balaban J connectivity index is 1.65. The average Bonchev–Trinajstić information content (AvgIpc) is 3.45. The van der Waals surface area contributed by atoms with Gasteiger partial charge in [0.1, 0.15) is 23.9 Å². The molecule has 1 aromatic heterocycles. The quantitative estimate of drug-likeness (QED) is 0.706. The van der Waals surface area contributed by atoms with E-state index in [0.29, 0.717) is 31.0 Å². The maximum Gasteiger partial charge on any atom is 0.277 e. The zero-order chi connectivity index (χ0) is 23.2. The van der Waals surface area contributed by atoms with Crippen LogP contribution in [0.5, 0.6) is 5.75 Å². The third kappa shape index (κ3) is 3.92. The second-order valence-electron chi connectivity index (χ2n) is 8.30. The zero-order valence-corrected chi connectivity index (χ0v) is 17.8. The van der Waals surface area contributed by atoms with E-state index in [1.807, 2.05) is 5.01 Å². The number of carbonyl (C=O) groups excluding carboxylic acids is 2. The summed E-state index contributed by atoms with van der Waals surface area (Å²) in [5, 5.41) is 14.8. The number of amides is 2. The highest BCUT2D eigenvalue weighted by molar-refractivity contribution is 5.99. The molecule has 1 aromatic carbocycles. The number of carbonyl (C=O) groups is 2. The van der Waals surface area contributed by atoms with E-state index < -0.39 is 34.6 Å². The summed E-state index contributed by atoms with van der Waals surface area (Å²) >= 11 is 0. The molecule has 32 heavy (non-hydrogen) atoms. The standard InChI is InChI=1S/C22H24F2N4O4/c1-3-26-11-27(9-14-6-12(14)2)28-10-16(19(29)20(30)18(28)22(26)32)21(31)25-8-13-4-5-15(23)7-17(13)24/h4-5,7,10,12,14,30H,3,6,8-9,11H2,1-2H3,(H,25,31)/t12-,14-/m1/s1. The van der Waals surface area contributed by atoms with Gasteiger partial charge in [0.2, 0.25) is 5.43 Å². The van der Waals surface area contributed by atoms with Crippen molar-refractivity contribution in [2.24, 2.45) is 11.8 Å². The van der Waals surface area contributed by atoms with Crippen molar-refractivity contribution in [3.63, 3.8) is 0 Å². The van der Waals surface area contributed by atoms with E-state index in [2.05, 4.69) is 12.2 Å². The molecule has 0 bridgehead atoms. The van der Waals surface area contributed by atoms with Gasteiger partial charge in [-0.15, -0.1) is 0 Å². The second kappa shape index (κ2) is 8.25. The van der Waals surface area contributed by atoms with Gasteiger partial charge in [0, 0.05) is 37.5 Å². The van der Waals surface area contributed by atoms with Crippen LogP contribution in [0.4, 0.5) is 8.78 Å². The fourth-order valence-electron chi connectivity index (χ4n) is 3.90. The van der Waals surface area contributed by atoms with Crippen molar-refractivity contribution in [1.29, 1.82) is 0 Å². The number of benzene rings is 1. The molecule has 2 amide bonds.